The maximum Gasteiger partial charge on any atom is 0.324 e. The Morgan fingerprint density at radius 1 is 0.909 bits per heavy atom. The molecule has 0 amide bonds. The highest BCUT2D eigenvalue weighted by Crippen LogP contribution is 2.26. The Balaban J connectivity index is 3.97. The summed E-state index contributed by atoms with van der Waals surface area (Å²) in [4.78, 5) is 23.5. The maximum atomic E-state index is 11.8. The summed E-state index contributed by atoms with van der Waals surface area (Å²) >= 11 is 0. The highest BCUT2D eigenvalue weighted by atomic mass is 33.1. The highest BCUT2D eigenvalue weighted by molar-refractivity contribution is 8.76. The van der Waals surface area contributed by atoms with Gasteiger partial charge in [-0.25, -0.2) is 0 Å². The summed E-state index contributed by atoms with van der Waals surface area (Å²) in [5.41, 5.74) is 4.78. The van der Waals surface area contributed by atoms with E-state index < -0.39 is 23.2 Å². The number of hydrogen-bond acceptors (Lipinski definition) is 7. The third kappa shape index (κ3) is 11.2. The van der Waals surface area contributed by atoms with Crippen molar-refractivity contribution in [2.75, 3.05) is 11.5 Å². The first kappa shape index (κ1) is 21.6. The summed E-state index contributed by atoms with van der Waals surface area (Å²) in [6.07, 6.45) is 0. The van der Waals surface area contributed by atoms with Crippen molar-refractivity contribution in [2.45, 2.75) is 65.7 Å². The fraction of sp³-hybridized carbons (Fsp3) is 0.867. The molecule has 0 rings (SSSR count). The third-order valence-electron chi connectivity index (χ3n) is 2.17. The van der Waals surface area contributed by atoms with E-state index in [0.717, 1.165) is 0 Å². The Morgan fingerprint density at radius 3 is 1.77 bits per heavy atom. The van der Waals surface area contributed by atoms with Gasteiger partial charge in [-0.05, 0) is 41.5 Å². The minimum Gasteiger partial charge on any atom is -0.460 e. The predicted molar refractivity (Wildman–Crippen MR) is 93.7 cm³/mol. The lowest BCUT2D eigenvalue weighted by Gasteiger charge is -2.22. The number of esters is 2. The zero-order valence-corrected chi connectivity index (χ0v) is 16.2. The molecule has 5 nitrogen and oxygen atoms in total. The van der Waals surface area contributed by atoms with Gasteiger partial charge in [-0.2, -0.15) is 0 Å². The second-order valence-electron chi connectivity index (χ2n) is 7.14. The molecule has 0 saturated carbocycles. The van der Waals surface area contributed by atoms with Crippen LogP contribution >= 0.6 is 21.6 Å². The quantitative estimate of drug-likeness (QED) is 0.429. The lowest BCUT2D eigenvalue weighted by molar-refractivity contribution is -0.158. The molecule has 0 saturated heterocycles. The normalized spacial score (nSPS) is 15.1. The summed E-state index contributed by atoms with van der Waals surface area (Å²) in [6, 6.07) is -0.659. The molecule has 0 aromatic heterocycles. The van der Waals surface area contributed by atoms with Gasteiger partial charge in [-0.1, -0.05) is 28.5 Å². The Morgan fingerprint density at radius 2 is 1.32 bits per heavy atom. The van der Waals surface area contributed by atoms with Crippen LogP contribution in [0.25, 0.3) is 0 Å². The second-order valence-corrected chi connectivity index (χ2v) is 9.70. The van der Waals surface area contributed by atoms with Crippen molar-refractivity contribution in [3.05, 3.63) is 0 Å². The van der Waals surface area contributed by atoms with Gasteiger partial charge < -0.3 is 15.2 Å². The van der Waals surface area contributed by atoms with Gasteiger partial charge >= 0.3 is 11.9 Å². The standard InChI is InChI=1S/C15H29NO4S2/c1-10(12(17)19-14(2,3)4)8-21-22-9-11(16)13(18)20-15(5,6)7/h10-11H,8-9,16H2,1-7H3/t10-,11+/m0/s1. The molecule has 22 heavy (non-hydrogen) atoms. The molecule has 0 fully saturated rings. The zero-order valence-electron chi connectivity index (χ0n) is 14.6. The maximum absolute atomic E-state index is 11.8. The molecule has 0 aliphatic carbocycles. The van der Waals surface area contributed by atoms with Crippen LogP contribution in [0.1, 0.15) is 48.5 Å². The molecule has 0 aromatic carbocycles. The number of rotatable bonds is 7. The third-order valence-corrected chi connectivity index (χ3v) is 4.78. The van der Waals surface area contributed by atoms with Gasteiger partial charge in [0.05, 0.1) is 5.92 Å². The van der Waals surface area contributed by atoms with Crippen LogP contribution in [0.2, 0.25) is 0 Å². The van der Waals surface area contributed by atoms with Gasteiger partial charge in [0, 0.05) is 11.5 Å². The smallest absolute Gasteiger partial charge is 0.324 e. The molecule has 2 atom stereocenters. The molecule has 0 bridgehead atoms. The molecule has 0 heterocycles. The second kappa shape index (κ2) is 9.03. The van der Waals surface area contributed by atoms with E-state index in [1.54, 1.807) is 0 Å². The minimum atomic E-state index is -0.659. The van der Waals surface area contributed by atoms with E-state index in [9.17, 15) is 9.59 Å². The van der Waals surface area contributed by atoms with Crippen molar-refractivity contribution in [1.29, 1.82) is 0 Å². The first-order valence-corrected chi connectivity index (χ1v) is 9.76. The zero-order chi connectivity index (χ0) is 17.6. The van der Waals surface area contributed by atoms with Crippen LogP contribution in [0.3, 0.4) is 0 Å². The van der Waals surface area contributed by atoms with Crippen LogP contribution in [0.5, 0.6) is 0 Å². The van der Waals surface area contributed by atoms with Crippen LogP contribution in [-0.2, 0) is 19.1 Å². The van der Waals surface area contributed by atoms with Crippen molar-refractivity contribution in [1.82, 2.24) is 0 Å². The highest BCUT2D eigenvalue weighted by Gasteiger charge is 2.24. The fourth-order valence-electron chi connectivity index (χ4n) is 1.19. The molecular weight excluding hydrogens is 322 g/mol. The van der Waals surface area contributed by atoms with Crippen molar-refractivity contribution < 1.29 is 19.1 Å². The van der Waals surface area contributed by atoms with Gasteiger partial charge in [0.25, 0.3) is 0 Å². The number of hydrogen-bond donors (Lipinski definition) is 1. The Hall–Kier alpha value is -0.400. The van der Waals surface area contributed by atoms with Gasteiger partial charge in [0.1, 0.15) is 17.2 Å². The van der Waals surface area contributed by atoms with E-state index in [-0.39, 0.29) is 11.9 Å². The molecule has 0 aliphatic rings. The number of ether oxygens (including phenoxy) is 2. The summed E-state index contributed by atoms with van der Waals surface area (Å²) in [5.74, 6) is 0.244. The van der Waals surface area contributed by atoms with E-state index in [1.807, 2.05) is 48.5 Å². The topological polar surface area (TPSA) is 78.6 Å². The monoisotopic (exact) mass is 351 g/mol. The fourth-order valence-corrected chi connectivity index (χ4v) is 3.63. The van der Waals surface area contributed by atoms with Gasteiger partial charge in [0.2, 0.25) is 0 Å². The largest absolute Gasteiger partial charge is 0.460 e. The van der Waals surface area contributed by atoms with Crippen LogP contribution in [0, 0.1) is 5.92 Å². The average molecular weight is 352 g/mol. The minimum absolute atomic E-state index is 0.200. The number of carbonyl (C=O) groups is 2. The first-order chi connectivity index (χ1) is 9.82. The summed E-state index contributed by atoms with van der Waals surface area (Å²) < 4.78 is 10.5. The first-order valence-electron chi connectivity index (χ1n) is 7.27. The van der Waals surface area contributed by atoms with E-state index in [0.29, 0.717) is 11.5 Å². The lowest BCUT2D eigenvalue weighted by Crippen LogP contribution is -2.38. The molecule has 0 aromatic rings. The van der Waals surface area contributed by atoms with Crippen LogP contribution in [-0.4, -0.2) is 40.7 Å². The number of carbonyl (C=O) groups excluding carboxylic acids is 2. The van der Waals surface area contributed by atoms with Crippen LogP contribution in [0.15, 0.2) is 0 Å². The molecule has 2 N–H and O–H groups in total. The Kier molecular flexibility index (Phi) is 8.87. The van der Waals surface area contributed by atoms with E-state index in [2.05, 4.69) is 0 Å². The molecule has 0 aliphatic heterocycles. The van der Waals surface area contributed by atoms with Crippen LogP contribution in [0.4, 0.5) is 0 Å². The number of nitrogens with two attached hydrogens (primary N) is 1. The van der Waals surface area contributed by atoms with Gasteiger partial charge in [-0.3, -0.25) is 9.59 Å². The lowest BCUT2D eigenvalue weighted by atomic mass is 10.1. The van der Waals surface area contributed by atoms with E-state index in [4.69, 9.17) is 15.2 Å². The van der Waals surface area contributed by atoms with Crippen molar-refractivity contribution in [3.8, 4) is 0 Å². The van der Waals surface area contributed by atoms with Crippen LogP contribution < -0.4 is 5.73 Å². The van der Waals surface area contributed by atoms with Gasteiger partial charge in [0.15, 0.2) is 0 Å². The average Bonchev–Trinajstić information content (AvgIpc) is 2.29. The Bertz CT molecular complexity index is 339. The predicted octanol–water partition coefficient (Wildman–Crippen LogP) is 3.01. The molecule has 0 spiro atoms. The molecular formula is C15H29NO4S2. The van der Waals surface area contributed by atoms with E-state index >= 15 is 0 Å². The van der Waals surface area contributed by atoms with Crippen molar-refractivity contribution >= 4 is 33.5 Å². The molecule has 0 radical (unpaired) electrons. The Labute approximate surface area is 141 Å². The SMILES string of the molecule is C[C@@H](CSSC[C@@H](N)C(=O)OC(C)(C)C)C(=O)OC(C)(C)C. The molecule has 7 heteroatoms. The molecule has 0 unspecified atom stereocenters. The molecule has 130 valence electrons. The van der Waals surface area contributed by atoms with Gasteiger partial charge in [-0.15, -0.1) is 0 Å². The van der Waals surface area contributed by atoms with Crippen molar-refractivity contribution in [2.24, 2.45) is 11.7 Å². The summed E-state index contributed by atoms with van der Waals surface area (Å²) in [6.45, 7) is 12.8. The van der Waals surface area contributed by atoms with E-state index in [1.165, 1.54) is 21.6 Å². The van der Waals surface area contributed by atoms with Crippen molar-refractivity contribution in [3.63, 3.8) is 0 Å². The summed E-state index contributed by atoms with van der Waals surface area (Å²) in [5, 5.41) is 0. The summed E-state index contributed by atoms with van der Waals surface area (Å²) in [7, 11) is 2.97.